The topological polar surface area (TPSA) is 15.3 Å². The monoisotopic (exact) mass is 234 g/mol. The first-order chi connectivity index (χ1) is 8.84. The highest BCUT2D eigenvalue weighted by Crippen LogP contribution is 2.26. The van der Waals surface area contributed by atoms with Gasteiger partial charge in [0.25, 0.3) is 0 Å². The van der Waals surface area contributed by atoms with Gasteiger partial charge in [-0.1, -0.05) is 42.5 Å². The van der Waals surface area contributed by atoms with E-state index in [0.717, 1.165) is 6.54 Å². The van der Waals surface area contributed by atoms with Crippen LogP contribution in [0, 0.1) is 10.4 Å². The third-order valence-electron chi connectivity index (χ3n) is 3.75. The van der Waals surface area contributed by atoms with Gasteiger partial charge in [-0.2, -0.15) is 0 Å². The average Bonchev–Trinajstić information content (AvgIpc) is 2.86. The number of anilines is 2. The Balaban J connectivity index is 2.31. The van der Waals surface area contributed by atoms with Crippen LogP contribution in [0.1, 0.15) is 0 Å². The van der Waals surface area contributed by atoms with Gasteiger partial charge in [-0.15, -0.1) is 0 Å². The maximum Gasteiger partial charge on any atom is 0.0725 e. The van der Waals surface area contributed by atoms with E-state index in [4.69, 9.17) is 0 Å². The maximum absolute atomic E-state index is 3.47. The molecule has 2 heteroatoms. The summed E-state index contributed by atoms with van der Waals surface area (Å²) < 4.78 is 0. The number of nitrogens with one attached hydrogen (secondary N) is 1. The molecule has 2 nitrogen and oxygen atoms in total. The van der Waals surface area contributed by atoms with E-state index >= 15 is 0 Å². The molecule has 1 N–H and O–H groups in total. The summed E-state index contributed by atoms with van der Waals surface area (Å²) in [5, 5.41) is 8.71. The van der Waals surface area contributed by atoms with Gasteiger partial charge in [0, 0.05) is 25.0 Å². The number of nitrogens with zero attached hydrogens (tertiary/aromatic N) is 1. The normalized spacial score (nSPS) is 14.8. The summed E-state index contributed by atoms with van der Waals surface area (Å²) in [6.45, 7) is 0.932. The van der Waals surface area contributed by atoms with Gasteiger partial charge in [-0.25, -0.2) is 0 Å². The summed E-state index contributed by atoms with van der Waals surface area (Å²) in [7, 11) is 2.12. The Labute approximate surface area is 105 Å². The molecule has 0 bridgehead atoms. The predicted molar refractivity (Wildman–Crippen MR) is 75.6 cm³/mol. The first kappa shape index (κ1) is 9.77. The fourth-order valence-corrected chi connectivity index (χ4v) is 2.94. The number of benzene rings is 2. The summed E-state index contributed by atoms with van der Waals surface area (Å²) in [4.78, 5) is 2.22. The van der Waals surface area contributed by atoms with Gasteiger partial charge in [0.1, 0.15) is 0 Å². The molecule has 0 saturated heterocycles. The molecule has 18 heavy (non-hydrogen) atoms. The largest absolute Gasteiger partial charge is 0.379 e. The van der Waals surface area contributed by atoms with Crippen LogP contribution in [0.4, 0.5) is 11.4 Å². The zero-order valence-electron chi connectivity index (χ0n) is 10.3. The minimum Gasteiger partial charge on any atom is -0.379 e. The summed E-state index contributed by atoms with van der Waals surface area (Å²) in [6, 6.07) is 13.0. The zero-order chi connectivity index (χ0) is 12.1. The molecule has 0 amide bonds. The van der Waals surface area contributed by atoms with Crippen molar-refractivity contribution in [1.82, 2.24) is 0 Å². The SMILES string of the molecule is CN1C=c2ccccc2=c2ccc3c(c21)NCC=3. The van der Waals surface area contributed by atoms with Crippen LogP contribution in [-0.2, 0) is 0 Å². The van der Waals surface area contributed by atoms with Gasteiger partial charge in [-0.05, 0) is 15.7 Å². The summed E-state index contributed by atoms with van der Waals surface area (Å²) in [5.74, 6) is 0. The summed E-state index contributed by atoms with van der Waals surface area (Å²) in [5.41, 5.74) is 2.56. The molecule has 0 aromatic heterocycles. The molecule has 0 fully saturated rings. The van der Waals surface area contributed by atoms with Gasteiger partial charge >= 0.3 is 0 Å². The molecule has 0 atom stereocenters. The Kier molecular flexibility index (Phi) is 1.84. The lowest BCUT2D eigenvalue weighted by molar-refractivity contribution is 1.20. The molecule has 4 rings (SSSR count). The Morgan fingerprint density at radius 2 is 1.89 bits per heavy atom. The Bertz CT molecular complexity index is 850. The molecule has 2 heterocycles. The third kappa shape index (κ3) is 1.17. The van der Waals surface area contributed by atoms with E-state index in [0.29, 0.717) is 0 Å². The molecule has 2 aromatic rings. The lowest BCUT2D eigenvalue weighted by atomic mass is 10.1. The standard InChI is InChI=1S/C16H14N2/c1-18-10-12-4-2-3-5-13(12)14-7-6-11-8-9-17-15(11)16(14)18/h2-8,10,17H,9H2,1H3. The molecule has 2 aromatic carbocycles. The van der Waals surface area contributed by atoms with E-state index < -0.39 is 0 Å². The zero-order valence-corrected chi connectivity index (χ0v) is 10.3. The van der Waals surface area contributed by atoms with Crippen molar-refractivity contribution < 1.29 is 0 Å². The molecule has 0 unspecified atom stereocenters. The van der Waals surface area contributed by atoms with Gasteiger partial charge in [0.15, 0.2) is 0 Å². The fraction of sp³-hybridized carbons (Fsp3) is 0.125. The number of rotatable bonds is 0. The van der Waals surface area contributed by atoms with Gasteiger partial charge in [-0.3, -0.25) is 0 Å². The maximum atomic E-state index is 3.47. The van der Waals surface area contributed by atoms with Crippen molar-refractivity contribution in [3.63, 3.8) is 0 Å². The smallest absolute Gasteiger partial charge is 0.0725 e. The second-order valence-corrected chi connectivity index (χ2v) is 4.84. The molecule has 88 valence electrons. The van der Waals surface area contributed by atoms with Crippen molar-refractivity contribution in [2.75, 3.05) is 23.8 Å². The fourth-order valence-electron chi connectivity index (χ4n) is 2.94. The average molecular weight is 234 g/mol. The van der Waals surface area contributed by atoms with Crippen molar-refractivity contribution in [2.45, 2.75) is 0 Å². The van der Waals surface area contributed by atoms with Gasteiger partial charge in [0.05, 0.1) is 11.4 Å². The lowest BCUT2D eigenvalue weighted by Crippen LogP contribution is -2.22. The van der Waals surface area contributed by atoms with E-state index in [9.17, 15) is 0 Å². The van der Waals surface area contributed by atoms with Crippen molar-refractivity contribution in [2.24, 2.45) is 0 Å². The van der Waals surface area contributed by atoms with Crippen LogP contribution in [0.25, 0.3) is 12.3 Å². The molecular formula is C16H14N2. The summed E-state index contributed by atoms with van der Waals surface area (Å²) in [6.07, 6.45) is 4.45. The molecule has 0 saturated carbocycles. The minimum atomic E-state index is 0.932. The first-order valence-electron chi connectivity index (χ1n) is 6.26. The first-order valence-corrected chi connectivity index (χ1v) is 6.26. The van der Waals surface area contributed by atoms with E-state index in [1.165, 1.54) is 32.2 Å². The Morgan fingerprint density at radius 3 is 2.83 bits per heavy atom. The minimum absolute atomic E-state index is 0.932. The van der Waals surface area contributed by atoms with Crippen LogP contribution >= 0.6 is 0 Å². The molecule has 0 aliphatic carbocycles. The molecule has 0 spiro atoms. The van der Waals surface area contributed by atoms with E-state index in [2.05, 4.69) is 65.9 Å². The highest BCUT2D eigenvalue weighted by Gasteiger charge is 2.14. The van der Waals surface area contributed by atoms with Crippen molar-refractivity contribution in [3.8, 4) is 0 Å². The Morgan fingerprint density at radius 1 is 1.00 bits per heavy atom. The van der Waals surface area contributed by atoms with Crippen molar-refractivity contribution in [3.05, 3.63) is 57.3 Å². The van der Waals surface area contributed by atoms with Crippen LogP contribution in [0.2, 0.25) is 0 Å². The quantitative estimate of drug-likeness (QED) is 0.740. The molecule has 2 aliphatic rings. The van der Waals surface area contributed by atoms with Gasteiger partial charge < -0.3 is 10.2 Å². The lowest BCUT2D eigenvalue weighted by Gasteiger charge is -2.21. The van der Waals surface area contributed by atoms with Crippen LogP contribution in [0.5, 0.6) is 0 Å². The highest BCUT2D eigenvalue weighted by atomic mass is 15.1. The van der Waals surface area contributed by atoms with Crippen LogP contribution < -0.4 is 20.7 Å². The predicted octanol–water partition coefficient (Wildman–Crippen LogP) is 1.37. The highest BCUT2D eigenvalue weighted by molar-refractivity contribution is 5.80. The van der Waals surface area contributed by atoms with Crippen LogP contribution in [0.3, 0.4) is 0 Å². The van der Waals surface area contributed by atoms with E-state index in [-0.39, 0.29) is 0 Å². The molecule has 0 radical (unpaired) electrons. The van der Waals surface area contributed by atoms with Crippen LogP contribution in [-0.4, -0.2) is 13.6 Å². The Hall–Kier alpha value is -2.22. The molecular weight excluding hydrogens is 220 g/mol. The molecule has 2 aliphatic heterocycles. The second kappa shape index (κ2) is 3.39. The van der Waals surface area contributed by atoms with Gasteiger partial charge in [0.2, 0.25) is 0 Å². The second-order valence-electron chi connectivity index (χ2n) is 4.84. The van der Waals surface area contributed by atoms with Crippen molar-refractivity contribution in [1.29, 1.82) is 0 Å². The number of hydrogen-bond donors (Lipinski definition) is 1. The van der Waals surface area contributed by atoms with E-state index in [1.54, 1.807) is 0 Å². The summed E-state index contributed by atoms with van der Waals surface area (Å²) >= 11 is 0. The van der Waals surface area contributed by atoms with Crippen LogP contribution in [0.15, 0.2) is 36.4 Å². The van der Waals surface area contributed by atoms with E-state index in [1.807, 2.05) is 0 Å². The number of hydrogen-bond acceptors (Lipinski definition) is 2. The third-order valence-corrected chi connectivity index (χ3v) is 3.75. The van der Waals surface area contributed by atoms with Crippen molar-refractivity contribution >= 4 is 23.7 Å². The number of fused-ring (bicyclic) bond motifs is 4.